The lowest BCUT2D eigenvalue weighted by molar-refractivity contribution is 0.618. The standard InChI is InChI=1S/C12H13ClFN/c1-8-6-9(4-5-12(2,3)15)10(13)7-11(8)14/h6-7H,15H2,1-3H3. The van der Waals surface area contributed by atoms with Crippen molar-refractivity contribution in [2.45, 2.75) is 26.3 Å². The second kappa shape index (κ2) is 4.22. The first-order valence-corrected chi connectivity index (χ1v) is 4.95. The second-order valence-corrected chi connectivity index (χ2v) is 4.46. The molecule has 0 bridgehead atoms. The van der Waals surface area contributed by atoms with Gasteiger partial charge in [0.05, 0.1) is 10.6 Å². The van der Waals surface area contributed by atoms with Crippen LogP contribution in [0.2, 0.25) is 5.02 Å². The van der Waals surface area contributed by atoms with Crippen LogP contribution in [0, 0.1) is 24.6 Å². The summed E-state index contributed by atoms with van der Waals surface area (Å²) in [5.74, 6) is 5.37. The number of nitrogens with two attached hydrogens (primary N) is 1. The molecule has 2 N–H and O–H groups in total. The summed E-state index contributed by atoms with van der Waals surface area (Å²) in [5, 5.41) is 0.315. The van der Waals surface area contributed by atoms with E-state index >= 15 is 0 Å². The lowest BCUT2D eigenvalue weighted by atomic mass is 10.1. The molecule has 0 aliphatic carbocycles. The lowest BCUT2D eigenvalue weighted by Gasteiger charge is -2.08. The maximum atomic E-state index is 13.1. The summed E-state index contributed by atoms with van der Waals surface area (Å²) >= 11 is 5.85. The summed E-state index contributed by atoms with van der Waals surface area (Å²) in [7, 11) is 0. The van der Waals surface area contributed by atoms with Crippen molar-refractivity contribution in [2.24, 2.45) is 5.73 Å². The molecule has 0 atom stereocenters. The number of hydrogen-bond donors (Lipinski definition) is 1. The van der Waals surface area contributed by atoms with Gasteiger partial charge in [-0.3, -0.25) is 0 Å². The molecule has 80 valence electrons. The van der Waals surface area contributed by atoms with E-state index in [0.717, 1.165) is 0 Å². The molecule has 15 heavy (non-hydrogen) atoms. The molecule has 3 heteroatoms. The fraction of sp³-hybridized carbons (Fsp3) is 0.333. The van der Waals surface area contributed by atoms with Gasteiger partial charge in [0.1, 0.15) is 5.82 Å². The molecule has 0 radical (unpaired) electrons. The van der Waals surface area contributed by atoms with Gasteiger partial charge in [-0.1, -0.05) is 23.4 Å². The highest BCUT2D eigenvalue weighted by Crippen LogP contribution is 2.19. The van der Waals surface area contributed by atoms with Crippen molar-refractivity contribution in [1.29, 1.82) is 0 Å². The summed E-state index contributed by atoms with van der Waals surface area (Å²) in [6.45, 7) is 5.26. The van der Waals surface area contributed by atoms with Gasteiger partial charge in [0.2, 0.25) is 0 Å². The first-order valence-electron chi connectivity index (χ1n) is 4.57. The van der Waals surface area contributed by atoms with Crippen LogP contribution in [0.25, 0.3) is 0 Å². The Morgan fingerprint density at radius 2 is 2.00 bits per heavy atom. The zero-order valence-electron chi connectivity index (χ0n) is 8.99. The Bertz CT molecular complexity index is 435. The van der Waals surface area contributed by atoms with Crippen LogP contribution < -0.4 is 5.73 Å². The molecule has 0 saturated heterocycles. The Balaban J connectivity index is 3.15. The third-order valence-electron chi connectivity index (χ3n) is 1.77. The summed E-state index contributed by atoms with van der Waals surface area (Å²) in [5.41, 5.74) is 6.26. The van der Waals surface area contributed by atoms with Crippen molar-refractivity contribution in [3.63, 3.8) is 0 Å². The quantitative estimate of drug-likeness (QED) is 0.675. The van der Waals surface area contributed by atoms with Gasteiger partial charge in [-0.2, -0.15) is 0 Å². The Hall–Kier alpha value is -1.04. The van der Waals surface area contributed by atoms with Crippen LogP contribution in [0.1, 0.15) is 25.0 Å². The van der Waals surface area contributed by atoms with Crippen molar-refractivity contribution < 1.29 is 4.39 Å². The molecule has 0 aliphatic heterocycles. The number of benzene rings is 1. The predicted octanol–water partition coefficient (Wildman–Crippen LogP) is 2.88. The predicted molar refractivity (Wildman–Crippen MR) is 61.3 cm³/mol. The third-order valence-corrected chi connectivity index (χ3v) is 2.08. The van der Waals surface area contributed by atoms with Crippen LogP contribution in [0.3, 0.4) is 0 Å². The minimum atomic E-state index is -0.578. The minimum absolute atomic E-state index is 0.315. The molecule has 0 fully saturated rings. The van der Waals surface area contributed by atoms with Crippen LogP contribution in [-0.2, 0) is 0 Å². The van der Waals surface area contributed by atoms with E-state index in [2.05, 4.69) is 11.8 Å². The van der Waals surface area contributed by atoms with E-state index in [0.29, 0.717) is 16.1 Å². The van der Waals surface area contributed by atoms with E-state index in [-0.39, 0.29) is 5.82 Å². The Kier molecular flexibility index (Phi) is 3.38. The first kappa shape index (κ1) is 12.0. The summed E-state index contributed by atoms with van der Waals surface area (Å²) in [6, 6.07) is 2.89. The van der Waals surface area contributed by atoms with Crippen molar-refractivity contribution in [3.05, 3.63) is 34.1 Å². The van der Waals surface area contributed by atoms with E-state index in [1.54, 1.807) is 26.8 Å². The highest BCUT2D eigenvalue weighted by atomic mass is 35.5. The van der Waals surface area contributed by atoms with E-state index in [4.69, 9.17) is 17.3 Å². The molecule has 1 rings (SSSR count). The highest BCUT2D eigenvalue weighted by Gasteiger charge is 2.06. The summed E-state index contributed by atoms with van der Waals surface area (Å²) in [4.78, 5) is 0. The first-order chi connectivity index (χ1) is 6.79. The SMILES string of the molecule is Cc1cc(C#CC(C)(C)N)c(Cl)cc1F. The van der Waals surface area contributed by atoms with Crippen LogP contribution in [-0.4, -0.2) is 5.54 Å². The van der Waals surface area contributed by atoms with Gasteiger partial charge in [-0.05, 0) is 38.5 Å². The maximum Gasteiger partial charge on any atom is 0.127 e. The Labute approximate surface area is 94.4 Å². The fourth-order valence-corrected chi connectivity index (χ4v) is 1.18. The molecule has 0 aromatic heterocycles. The Morgan fingerprint density at radius 3 is 2.53 bits per heavy atom. The number of hydrogen-bond acceptors (Lipinski definition) is 1. The molecular formula is C12H13ClFN. The third kappa shape index (κ3) is 3.54. The lowest BCUT2D eigenvalue weighted by Crippen LogP contribution is -2.29. The van der Waals surface area contributed by atoms with Gasteiger partial charge in [-0.25, -0.2) is 4.39 Å². The molecule has 0 amide bonds. The number of halogens is 2. The number of rotatable bonds is 0. The zero-order chi connectivity index (χ0) is 11.6. The Morgan fingerprint density at radius 1 is 1.40 bits per heavy atom. The van der Waals surface area contributed by atoms with Gasteiger partial charge < -0.3 is 5.73 Å². The molecule has 1 nitrogen and oxygen atoms in total. The van der Waals surface area contributed by atoms with Crippen LogP contribution >= 0.6 is 11.6 Å². The van der Waals surface area contributed by atoms with Crippen LogP contribution in [0.4, 0.5) is 4.39 Å². The van der Waals surface area contributed by atoms with Crippen LogP contribution in [0.5, 0.6) is 0 Å². The molecule has 0 aliphatic rings. The van der Waals surface area contributed by atoms with Gasteiger partial charge in [0.25, 0.3) is 0 Å². The average Bonchev–Trinajstić information content (AvgIpc) is 2.07. The molecule has 1 aromatic rings. The van der Waals surface area contributed by atoms with Crippen molar-refractivity contribution in [2.75, 3.05) is 0 Å². The van der Waals surface area contributed by atoms with Gasteiger partial charge >= 0.3 is 0 Å². The van der Waals surface area contributed by atoms with E-state index < -0.39 is 5.54 Å². The highest BCUT2D eigenvalue weighted by molar-refractivity contribution is 6.31. The molecule has 1 aromatic carbocycles. The second-order valence-electron chi connectivity index (χ2n) is 4.05. The molecule has 0 saturated carbocycles. The largest absolute Gasteiger partial charge is 0.316 e. The summed E-state index contributed by atoms with van der Waals surface area (Å²) in [6.07, 6.45) is 0. The van der Waals surface area contributed by atoms with Crippen LogP contribution in [0.15, 0.2) is 12.1 Å². The summed E-state index contributed by atoms with van der Waals surface area (Å²) < 4.78 is 13.1. The van der Waals surface area contributed by atoms with Gasteiger partial charge in [0.15, 0.2) is 0 Å². The maximum absolute atomic E-state index is 13.1. The smallest absolute Gasteiger partial charge is 0.127 e. The van der Waals surface area contributed by atoms with E-state index in [1.165, 1.54) is 6.07 Å². The minimum Gasteiger partial charge on any atom is -0.316 e. The zero-order valence-corrected chi connectivity index (χ0v) is 9.74. The molecule has 0 heterocycles. The van der Waals surface area contributed by atoms with Crippen molar-refractivity contribution in [3.8, 4) is 11.8 Å². The van der Waals surface area contributed by atoms with E-state index in [9.17, 15) is 4.39 Å². The fourth-order valence-electron chi connectivity index (χ4n) is 0.981. The number of aryl methyl sites for hydroxylation is 1. The van der Waals surface area contributed by atoms with Gasteiger partial charge in [-0.15, -0.1) is 0 Å². The monoisotopic (exact) mass is 225 g/mol. The average molecular weight is 226 g/mol. The van der Waals surface area contributed by atoms with E-state index in [1.807, 2.05) is 0 Å². The van der Waals surface area contributed by atoms with Gasteiger partial charge in [0, 0.05) is 5.56 Å². The normalized spacial score (nSPS) is 10.8. The topological polar surface area (TPSA) is 26.0 Å². The van der Waals surface area contributed by atoms with Crippen molar-refractivity contribution >= 4 is 11.6 Å². The molecule has 0 unspecified atom stereocenters. The van der Waals surface area contributed by atoms with Crippen molar-refractivity contribution in [1.82, 2.24) is 0 Å². The molecular weight excluding hydrogens is 213 g/mol. The molecule has 0 spiro atoms.